The molecule has 2 aromatic carbocycles. The highest BCUT2D eigenvalue weighted by molar-refractivity contribution is 7.92. The van der Waals surface area contributed by atoms with Crippen LogP contribution < -0.4 is 14.4 Å². The van der Waals surface area contributed by atoms with Crippen LogP contribution in [0.5, 0.6) is 5.75 Å². The molecule has 0 amide bonds. The van der Waals surface area contributed by atoms with E-state index in [1.807, 2.05) is 12.1 Å². The maximum absolute atomic E-state index is 12.4. The molecule has 0 spiro atoms. The third kappa shape index (κ3) is 3.59. The van der Waals surface area contributed by atoms with Gasteiger partial charge in [-0.05, 0) is 61.4 Å². The first-order valence-corrected chi connectivity index (χ1v) is 9.09. The summed E-state index contributed by atoms with van der Waals surface area (Å²) in [7, 11) is -2.01. The Morgan fingerprint density at radius 1 is 0.957 bits per heavy atom. The number of ether oxygens (including phenoxy) is 1. The van der Waals surface area contributed by atoms with Gasteiger partial charge in [0.25, 0.3) is 10.0 Å². The Morgan fingerprint density at radius 2 is 1.57 bits per heavy atom. The van der Waals surface area contributed by atoms with Crippen LogP contribution in [0.1, 0.15) is 12.8 Å². The van der Waals surface area contributed by atoms with Gasteiger partial charge >= 0.3 is 0 Å². The number of nitrogens with one attached hydrogen (secondary N) is 1. The Hall–Kier alpha value is -2.21. The van der Waals surface area contributed by atoms with Crippen molar-refractivity contribution in [2.24, 2.45) is 0 Å². The predicted octanol–water partition coefficient (Wildman–Crippen LogP) is 3.10. The van der Waals surface area contributed by atoms with E-state index in [2.05, 4.69) is 9.62 Å². The van der Waals surface area contributed by atoms with Gasteiger partial charge in [0, 0.05) is 24.5 Å². The van der Waals surface area contributed by atoms with Crippen molar-refractivity contribution in [1.82, 2.24) is 0 Å². The normalized spacial score (nSPS) is 14.7. The van der Waals surface area contributed by atoms with Gasteiger partial charge in [-0.1, -0.05) is 0 Å². The number of rotatable bonds is 5. The van der Waals surface area contributed by atoms with Crippen LogP contribution in [0.25, 0.3) is 0 Å². The van der Waals surface area contributed by atoms with Gasteiger partial charge in [0.1, 0.15) is 5.75 Å². The summed E-state index contributed by atoms with van der Waals surface area (Å²) in [5.41, 5.74) is 1.58. The summed E-state index contributed by atoms with van der Waals surface area (Å²) < 4.78 is 32.5. The monoisotopic (exact) mass is 332 g/mol. The lowest BCUT2D eigenvalue weighted by Gasteiger charge is -2.17. The average Bonchev–Trinajstić information content (AvgIpc) is 3.10. The summed E-state index contributed by atoms with van der Waals surface area (Å²) >= 11 is 0. The third-order valence-electron chi connectivity index (χ3n) is 3.96. The van der Waals surface area contributed by atoms with Crippen LogP contribution in [-0.4, -0.2) is 28.6 Å². The molecule has 6 heteroatoms. The topological polar surface area (TPSA) is 58.6 Å². The van der Waals surface area contributed by atoms with E-state index in [1.165, 1.54) is 12.8 Å². The van der Waals surface area contributed by atoms with Gasteiger partial charge < -0.3 is 9.64 Å². The molecule has 122 valence electrons. The Kier molecular flexibility index (Phi) is 4.43. The quantitative estimate of drug-likeness (QED) is 0.914. The largest absolute Gasteiger partial charge is 0.497 e. The third-order valence-corrected chi connectivity index (χ3v) is 5.36. The van der Waals surface area contributed by atoms with E-state index in [4.69, 9.17) is 4.74 Å². The summed E-state index contributed by atoms with van der Waals surface area (Å²) in [5.74, 6) is 0.683. The lowest BCUT2D eigenvalue weighted by Crippen LogP contribution is -2.18. The molecule has 0 aliphatic carbocycles. The molecule has 23 heavy (non-hydrogen) atoms. The minimum absolute atomic E-state index is 0.260. The second kappa shape index (κ2) is 6.50. The van der Waals surface area contributed by atoms with E-state index in [-0.39, 0.29) is 4.90 Å². The first-order chi connectivity index (χ1) is 11.1. The van der Waals surface area contributed by atoms with Crippen LogP contribution in [0.3, 0.4) is 0 Å². The van der Waals surface area contributed by atoms with E-state index < -0.39 is 10.0 Å². The van der Waals surface area contributed by atoms with Crippen LogP contribution in [0, 0.1) is 0 Å². The molecule has 0 radical (unpaired) electrons. The summed E-state index contributed by atoms with van der Waals surface area (Å²) in [4.78, 5) is 2.53. The number of nitrogens with zero attached hydrogens (tertiary/aromatic N) is 1. The summed E-state index contributed by atoms with van der Waals surface area (Å²) in [6.45, 7) is 2.08. The lowest BCUT2D eigenvalue weighted by atomic mass is 10.3. The molecule has 3 rings (SSSR count). The smallest absolute Gasteiger partial charge is 0.261 e. The molecular formula is C17H20N2O3S. The van der Waals surface area contributed by atoms with E-state index >= 15 is 0 Å². The fourth-order valence-corrected chi connectivity index (χ4v) is 3.74. The number of hydrogen-bond acceptors (Lipinski definition) is 4. The van der Waals surface area contributed by atoms with E-state index in [9.17, 15) is 8.42 Å². The molecule has 1 heterocycles. The second-order valence-electron chi connectivity index (χ2n) is 5.52. The van der Waals surface area contributed by atoms with Gasteiger partial charge in [-0.2, -0.15) is 0 Å². The van der Waals surface area contributed by atoms with Gasteiger partial charge in [0.05, 0.1) is 12.0 Å². The van der Waals surface area contributed by atoms with E-state index in [0.29, 0.717) is 11.4 Å². The predicted molar refractivity (Wildman–Crippen MR) is 91.7 cm³/mol. The summed E-state index contributed by atoms with van der Waals surface area (Å²) in [6.07, 6.45) is 2.39. The molecule has 0 saturated carbocycles. The Balaban J connectivity index is 1.75. The Bertz CT molecular complexity index is 749. The molecular weight excluding hydrogens is 312 g/mol. The highest BCUT2D eigenvalue weighted by atomic mass is 32.2. The number of methoxy groups -OCH3 is 1. The molecule has 1 fully saturated rings. The zero-order chi connectivity index (χ0) is 16.3. The second-order valence-corrected chi connectivity index (χ2v) is 7.20. The van der Waals surface area contributed by atoms with E-state index in [0.717, 1.165) is 18.8 Å². The van der Waals surface area contributed by atoms with Crippen molar-refractivity contribution in [3.05, 3.63) is 48.5 Å². The molecule has 1 saturated heterocycles. The van der Waals surface area contributed by atoms with Crippen LogP contribution in [0.15, 0.2) is 53.4 Å². The average molecular weight is 332 g/mol. The molecule has 1 aliphatic heterocycles. The minimum atomic E-state index is -3.58. The van der Waals surface area contributed by atoms with Gasteiger partial charge in [-0.25, -0.2) is 8.42 Å². The van der Waals surface area contributed by atoms with Crippen molar-refractivity contribution in [3.63, 3.8) is 0 Å². The fourth-order valence-electron chi connectivity index (χ4n) is 2.68. The molecule has 0 atom stereocenters. The van der Waals surface area contributed by atoms with Crippen LogP contribution >= 0.6 is 0 Å². The standard InChI is InChI=1S/C17H20N2O3S/c1-22-16-8-4-14(5-9-16)18-23(20,21)17-10-6-15(7-11-17)19-12-2-3-13-19/h4-11,18H,2-3,12-13H2,1H3. The zero-order valence-electron chi connectivity index (χ0n) is 13.0. The van der Waals surface area contributed by atoms with Gasteiger partial charge in [0.15, 0.2) is 0 Å². The Labute approximate surface area is 136 Å². The van der Waals surface area contributed by atoms with Crippen LogP contribution in [0.4, 0.5) is 11.4 Å². The minimum Gasteiger partial charge on any atom is -0.497 e. The van der Waals surface area contributed by atoms with Crippen molar-refractivity contribution >= 4 is 21.4 Å². The molecule has 0 unspecified atom stereocenters. The van der Waals surface area contributed by atoms with Gasteiger partial charge in [-0.15, -0.1) is 0 Å². The first-order valence-electron chi connectivity index (χ1n) is 7.60. The van der Waals surface area contributed by atoms with Crippen molar-refractivity contribution < 1.29 is 13.2 Å². The summed E-state index contributed by atoms with van der Waals surface area (Å²) in [6, 6.07) is 13.8. The number of hydrogen-bond donors (Lipinski definition) is 1. The van der Waals surface area contributed by atoms with Crippen LogP contribution in [0.2, 0.25) is 0 Å². The zero-order valence-corrected chi connectivity index (χ0v) is 13.8. The van der Waals surface area contributed by atoms with Crippen LogP contribution in [-0.2, 0) is 10.0 Å². The highest BCUT2D eigenvalue weighted by Gasteiger charge is 2.16. The molecule has 2 aromatic rings. The maximum atomic E-state index is 12.4. The molecule has 0 bridgehead atoms. The molecule has 5 nitrogen and oxygen atoms in total. The van der Waals surface area contributed by atoms with Gasteiger partial charge in [-0.3, -0.25) is 4.72 Å². The Morgan fingerprint density at radius 3 is 2.13 bits per heavy atom. The SMILES string of the molecule is COc1ccc(NS(=O)(=O)c2ccc(N3CCCC3)cc2)cc1. The molecule has 1 aliphatic rings. The molecule has 0 aromatic heterocycles. The van der Waals surface area contributed by atoms with Crippen molar-refractivity contribution in [1.29, 1.82) is 0 Å². The first kappa shape index (κ1) is 15.7. The fraction of sp³-hybridized carbons (Fsp3) is 0.294. The number of sulfonamides is 1. The van der Waals surface area contributed by atoms with E-state index in [1.54, 1.807) is 43.5 Å². The molecule has 1 N–H and O–H groups in total. The van der Waals surface area contributed by atoms with Gasteiger partial charge in [0.2, 0.25) is 0 Å². The highest BCUT2D eigenvalue weighted by Crippen LogP contribution is 2.24. The van der Waals surface area contributed by atoms with Crippen molar-refractivity contribution in [2.75, 3.05) is 29.8 Å². The summed E-state index contributed by atoms with van der Waals surface area (Å²) in [5, 5.41) is 0. The lowest BCUT2D eigenvalue weighted by molar-refractivity contribution is 0.415. The number of anilines is 2. The van der Waals surface area contributed by atoms with Crippen molar-refractivity contribution in [3.8, 4) is 5.75 Å². The number of benzene rings is 2. The maximum Gasteiger partial charge on any atom is 0.261 e. The van der Waals surface area contributed by atoms with Crippen molar-refractivity contribution in [2.45, 2.75) is 17.7 Å².